The number of hydrogen-bond donors (Lipinski definition) is 1. The fraction of sp³-hybridized carbons (Fsp3) is 0.200. The number of carbonyl (C=O) groups excluding carboxylic acids is 1. The Morgan fingerprint density at radius 2 is 2.12 bits per heavy atom. The molecule has 0 aliphatic heterocycles. The van der Waals surface area contributed by atoms with Gasteiger partial charge in [0.2, 0.25) is 11.8 Å². The molecule has 1 aromatic carbocycles. The molecule has 0 unspecified atom stereocenters. The minimum atomic E-state index is -0.351. The summed E-state index contributed by atoms with van der Waals surface area (Å²) in [7, 11) is 0. The molecule has 9 heteroatoms. The van der Waals surface area contributed by atoms with Crippen molar-refractivity contribution in [2.45, 2.75) is 18.6 Å². The average molecular weight is 364 g/mol. The molecule has 0 aliphatic rings. The lowest BCUT2D eigenvalue weighted by atomic mass is 10.3. The molecule has 0 saturated carbocycles. The van der Waals surface area contributed by atoms with Crippen LogP contribution in [0.25, 0.3) is 0 Å². The third kappa shape index (κ3) is 4.62. The maximum absolute atomic E-state index is 12.8. The summed E-state index contributed by atoms with van der Waals surface area (Å²) in [4.78, 5) is 16.2. The van der Waals surface area contributed by atoms with Crippen LogP contribution < -0.4 is 5.32 Å². The predicted octanol–water partition coefficient (Wildman–Crippen LogP) is 3.30. The van der Waals surface area contributed by atoms with Gasteiger partial charge in [0.05, 0.1) is 22.9 Å². The summed E-state index contributed by atoms with van der Waals surface area (Å²) in [6.45, 7) is 1.93. The first-order valence-electron chi connectivity index (χ1n) is 7.00. The van der Waals surface area contributed by atoms with E-state index in [1.165, 1.54) is 24.3 Å². The first kappa shape index (κ1) is 16.6. The summed E-state index contributed by atoms with van der Waals surface area (Å²) in [6, 6.07) is 5.57. The smallest absolute Gasteiger partial charge is 0.277 e. The standard InChI is InChI=1S/C15H13FN4O2S2/c1-9-17-12(7-23-9)6-14-19-20-15(22-14)24-8-13(21)18-11-4-2-10(16)3-5-11/h2-5,7H,6,8H2,1H3,(H,18,21). The van der Waals surface area contributed by atoms with Crippen LogP contribution in [0.15, 0.2) is 39.3 Å². The van der Waals surface area contributed by atoms with Crippen LogP contribution in [-0.2, 0) is 11.2 Å². The second kappa shape index (κ2) is 7.54. The summed E-state index contributed by atoms with van der Waals surface area (Å²) in [5, 5.41) is 13.8. The van der Waals surface area contributed by atoms with E-state index >= 15 is 0 Å². The van der Waals surface area contributed by atoms with Gasteiger partial charge in [0.25, 0.3) is 5.22 Å². The molecule has 0 saturated heterocycles. The van der Waals surface area contributed by atoms with Crippen molar-refractivity contribution in [2.75, 3.05) is 11.1 Å². The van der Waals surface area contributed by atoms with Crippen LogP contribution in [0.1, 0.15) is 16.6 Å². The summed E-state index contributed by atoms with van der Waals surface area (Å²) in [5.41, 5.74) is 1.42. The molecule has 0 radical (unpaired) electrons. The average Bonchev–Trinajstić information content (AvgIpc) is 3.17. The predicted molar refractivity (Wildman–Crippen MR) is 89.7 cm³/mol. The molecule has 0 aliphatic carbocycles. The molecule has 2 heterocycles. The van der Waals surface area contributed by atoms with Crippen LogP contribution >= 0.6 is 23.1 Å². The van der Waals surface area contributed by atoms with E-state index in [1.807, 2.05) is 12.3 Å². The zero-order valence-corrected chi connectivity index (χ0v) is 14.3. The molecular formula is C15H13FN4O2S2. The van der Waals surface area contributed by atoms with Gasteiger partial charge in [-0.15, -0.1) is 21.5 Å². The van der Waals surface area contributed by atoms with Crippen LogP contribution in [0.3, 0.4) is 0 Å². The number of benzene rings is 1. The molecule has 0 fully saturated rings. The van der Waals surface area contributed by atoms with Gasteiger partial charge in [-0.25, -0.2) is 9.37 Å². The molecule has 3 rings (SSSR count). The SMILES string of the molecule is Cc1nc(Cc2nnc(SCC(=O)Nc3ccc(F)cc3)o2)cs1. The van der Waals surface area contributed by atoms with E-state index in [2.05, 4.69) is 20.5 Å². The van der Waals surface area contributed by atoms with E-state index in [4.69, 9.17) is 4.42 Å². The number of halogens is 1. The number of hydrogen-bond acceptors (Lipinski definition) is 7. The fourth-order valence-corrected chi connectivity index (χ4v) is 3.06. The molecule has 1 amide bonds. The van der Waals surface area contributed by atoms with Gasteiger partial charge in [0.1, 0.15) is 5.82 Å². The van der Waals surface area contributed by atoms with Crippen molar-refractivity contribution in [3.8, 4) is 0 Å². The number of rotatable bonds is 6. The minimum absolute atomic E-state index is 0.120. The van der Waals surface area contributed by atoms with E-state index in [0.29, 0.717) is 23.2 Å². The summed E-state index contributed by atoms with van der Waals surface area (Å²) >= 11 is 2.71. The van der Waals surface area contributed by atoms with Crippen molar-refractivity contribution < 1.29 is 13.6 Å². The van der Waals surface area contributed by atoms with E-state index in [0.717, 1.165) is 22.5 Å². The van der Waals surface area contributed by atoms with Gasteiger partial charge in [-0.05, 0) is 31.2 Å². The van der Waals surface area contributed by atoms with Gasteiger partial charge in [0.15, 0.2) is 0 Å². The Bertz CT molecular complexity index is 832. The lowest BCUT2D eigenvalue weighted by molar-refractivity contribution is -0.113. The molecule has 1 N–H and O–H groups in total. The molecular weight excluding hydrogens is 351 g/mol. The van der Waals surface area contributed by atoms with Crippen molar-refractivity contribution in [1.82, 2.24) is 15.2 Å². The fourth-order valence-electron chi connectivity index (χ4n) is 1.87. The normalized spacial score (nSPS) is 10.8. The number of thiazole rings is 1. The van der Waals surface area contributed by atoms with Gasteiger partial charge in [-0.2, -0.15) is 0 Å². The monoisotopic (exact) mass is 364 g/mol. The van der Waals surface area contributed by atoms with Crippen LogP contribution in [0.5, 0.6) is 0 Å². The highest BCUT2D eigenvalue weighted by molar-refractivity contribution is 7.99. The van der Waals surface area contributed by atoms with Gasteiger partial charge < -0.3 is 9.73 Å². The first-order valence-corrected chi connectivity index (χ1v) is 8.86. The third-order valence-electron chi connectivity index (χ3n) is 2.90. The maximum atomic E-state index is 12.8. The van der Waals surface area contributed by atoms with E-state index in [1.54, 1.807) is 11.3 Å². The van der Waals surface area contributed by atoms with E-state index in [9.17, 15) is 9.18 Å². The Labute approximate surface area is 145 Å². The second-order valence-electron chi connectivity index (χ2n) is 4.84. The number of thioether (sulfide) groups is 1. The van der Waals surface area contributed by atoms with Crippen molar-refractivity contribution in [1.29, 1.82) is 0 Å². The maximum Gasteiger partial charge on any atom is 0.277 e. The summed E-state index contributed by atoms with van der Waals surface area (Å²) < 4.78 is 18.3. The highest BCUT2D eigenvalue weighted by Crippen LogP contribution is 2.19. The zero-order valence-electron chi connectivity index (χ0n) is 12.7. The first-order chi connectivity index (χ1) is 11.6. The molecule has 24 heavy (non-hydrogen) atoms. The largest absolute Gasteiger partial charge is 0.416 e. The molecule has 124 valence electrons. The highest BCUT2D eigenvalue weighted by Gasteiger charge is 2.11. The summed E-state index contributed by atoms with van der Waals surface area (Å²) in [6.07, 6.45) is 0.472. The van der Waals surface area contributed by atoms with E-state index < -0.39 is 0 Å². The molecule has 0 atom stereocenters. The minimum Gasteiger partial charge on any atom is -0.416 e. The Balaban J connectivity index is 1.49. The lowest BCUT2D eigenvalue weighted by Gasteiger charge is -2.03. The van der Waals surface area contributed by atoms with Crippen molar-refractivity contribution in [3.63, 3.8) is 0 Å². The Kier molecular flexibility index (Phi) is 5.21. The molecule has 0 bridgehead atoms. The molecule has 6 nitrogen and oxygen atoms in total. The number of nitrogens with zero attached hydrogens (tertiary/aromatic N) is 3. The van der Waals surface area contributed by atoms with Crippen molar-refractivity contribution in [3.05, 3.63) is 52.1 Å². The molecule has 2 aromatic heterocycles. The van der Waals surface area contributed by atoms with E-state index in [-0.39, 0.29) is 17.5 Å². The van der Waals surface area contributed by atoms with Gasteiger partial charge in [-0.1, -0.05) is 11.8 Å². The second-order valence-corrected chi connectivity index (χ2v) is 6.83. The number of aryl methyl sites for hydroxylation is 1. The molecule has 0 spiro atoms. The number of carbonyl (C=O) groups is 1. The Hall–Kier alpha value is -2.26. The lowest BCUT2D eigenvalue weighted by Crippen LogP contribution is -2.13. The van der Waals surface area contributed by atoms with Crippen LogP contribution in [0.4, 0.5) is 10.1 Å². The van der Waals surface area contributed by atoms with Crippen LogP contribution in [-0.4, -0.2) is 26.8 Å². The zero-order chi connectivity index (χ0) is 16.9. The third-order valence-corrected chi connectivity index (χ3v) is 4.54. The van der Waals surface area contributed by atoms with Crippen molar-refractivity contribution >= 4 is 34.7 Å². The topological polar surface area (TPSA) is 80.9 Å². The van der Waals surface area contributed by atoms with Gasteiger partial charge >= 0.3 is 0 Å². The number of nitrogens with one attached hydrogen (secondary N) is 1. The molecule has 3 aromatic rings. The number of anilines is 1. The highest BCUT2D eigenvalue weighted by atomic mass is 32.2. The van der Waals surface area contributed by atoms with Gasteiger partial charge in [-0.3, -0.25) is 4.79 Å². The quantitative estimate of drug-likeness (QED) is 0.676. The number of aromatic nitrogens is 3. The number of amides is 1. The Morgan fingerprint density at radius 3 is 2.83 bits per heavy atom. The van der Waals surface area contributed by atoms with Crippen LogP contribution in [0.2, 0.25) is 0 Å². The Morgan fingerprint density at radius 1 is 1.33 bits per heavy atom. The summed E-state index contributed by atoms with van der Waals surface area (Å²) in [5.74, 6) is -0.00579. The van der Waals surface area contributed by atoms with Gasteiger partial charge in [0, 0.05) is 11.1 Å². The van der Waals surface area contributed by atoms with Crippen LogP contribution in [0, 0.1) is 12.7 Å². The van der Waals surface area contributed by atoms with Crippen molar-refractivity contribution in [2.24, 2.45) is 0 Å².